The van der Waals surface area contributed by atoms with Crippen molar-refractivity contribution in [2.75, 3.05) is 5.32 Å². The van der Waals surface area contributed by atoms with Crippen LogP contribution in [-0.4, -0.2) is 4.57 Å². The fraction of sp³-hybridized carbons (Fsp3) is 0.286. The zero-order chi connectivity index (χ0) is 13.0. The molecule has 0 spiro atoms. The summed E-state index contributed by atoms with van der Waals surface area (Å²) < 4.78 is 28.0. The van der Waals surface area contributed by atoms with E-state index in [1.54, 1.807) is 0 Å². The Labute approximate surface area is 105 Å². The van der Waals surface area contributed by atoms with Crippen molar-refractivity contribution in [1.82, 2.24) is 4.57 Å². The molecule has 2 aromatic rings. The van der Waals surface area contributed by atoms with E-state index >= 15 is 0 Å². The zero-order valence-corrected chi connectivity index (χ0v) is 10.3. The summed E-state index contributed by atoms with van der Waals surface area (Å²) in [5, 5.41) is 3.00. The van der Waals surface area contributed by atoms with Crippen LogP contribution in [0.3, 0.4) is 0 Å². The number of rotatable bonds is 5. The fourth-order valence-electron chi connectivity index (χ4n) is 1.85. The van der Waals surface area contributed by atoms with E-state index in [1.165, 1.54) is 12.1 Å². The van der Waals surface area contributed by atoms with Gasteiger partial charge in [-0.2, -0.15) is 0 Å². The highest BCUT2D eigenvalue weighted by Crippen LogP contribution is 2.14. The van der Waals surface area contributed by atoms with Gasteiger partial charge in [-0.05, 0) is 30.2 Å². The highest BCUT2D eigenvalue weighted by atomic mass is 19.1. The first-order valence-electron chi connectivity index (χ1n) is 6.02. The molecule has 0 atom stereocenters. The Balaban J connectivity index is 1.97. The minimum atomic E-state index is -0.568. The van der Waals surface area contributed by atoms with Gasteiger partial charge >= 0.3 is 0 Å². The molecule has 0 bridgehead atoms. The predicted octanol–water partition coefficient (Wildman–Crippen LogP) is 3.79. The lowest BCUT2D eigenvalue weighted by Gasteiger charge is -2.05. The molecule has 0 fully saturated rings. The Hall–Kier alpha value is -1.84. The van der Waals surface area contributed by atoms with Gasteiger partial charge in [-0.15, -0.1) is 0 Å². The van der Waals surface area contributed by atoms with Gasteiger partial charge in [-0.25, -0.2) is 8.78 Å². The molecular formula is C14H16F2N2. The number of aromatic nitrogens is 1. The van der Waals surface area contributed by atoms with Gasteiger partial charge in [0.15, 0.2) is 0 Å². The standard InChI is InChI=1S/C14H16F2N2/c1-2-4-18-5-3-11(10-18)9-17-14-7-12(15)6-13(16)8-14/h3,5-8,10,17H,2,4,9H2,1H3. The molecule has 2 nitrogen and oxygen atoms in total. The summed E-state index contributed by atoms with van der Waals surface area (Å²) in [6.07, 6.45) is 5.12. The van der Waals surface area contributed by atoms with E-state index in [0.717, 1.165) is 24.6 Å². The lowest BCUT2D eigenvalue weighted by atomic mass is 10.2. The molecule has 4 heteroatoms. The van der Waals surface area contributed by atoms with Gasteiger partial charge in [0, 0.05) is 37.2 Å². The van der Waals surface area contributed by atoms with Crippen molar-refractivity contribution < 1.29 is 8.78 Å². The molecule has 0 aliphatic rings. The van der Waals surface area contributed by atoms with E-state index in [2.05, 4.69) is 16.8 Å². The highest BCUT2D eigenvalue weighted by molar-refractivity contribution is 5.44. The van der Waals surface area contributed by atoms with Crippen LogP contribution >= 0.6 is 0 Å². The first-order chi connectivity index (χ1) is 8.67. The molecule has 1 aromatic heterocycles. The molecule has 0 unspecified atom stereocenters. The summed E-state index contributed by atoms with van der Waals surface area (Å²) in [6.45, 7) is 3.65. The minimum absolute atomic E-state index is 0.454. The zero-order valence-electron chi connectivity index (χ0n) is 10.3. The SMILES string of the molecule is CCCn1ccc(CNc2cc(F)cc(F)c2)c1. The molecule has 1 aromatic carbocycles. The largest absolute Gasteiger partial charge is 0.381 e. The minimum Gasteiger partial charge on any atom is -0.381 e. The first kappa shape index (κ1) is 12.6. The van der Waals surface area contributed by atoms with Crippen molar-refractivity contribution in [2.24, 2.45) is 0 Å². The third-order valence-electron chi connectivity index (χ3n) is 2.65. The van der Waals surface area contributed by atoms with E-state index in [0.29, 0.717) is 12.2 Å². The molecule has 0 amide bonds. The Morgan fingerprint density at radius 2 is 1.89 bits per heavy atom. The number of nitrogens with zero attached hydrogens (tertiary/aromatic N) is 1. The highest BCUT2D eigenvalue weighted by Gasteiger charge is 2.01. The first-order valence-corrected chi connectivity index (χ1v) is 6.02. The quantitative estimate of drug-likeness (QED) is 0.854. The Morgan fingerprint density at radius 1 is 1.17 bits per heavy atom. The maximum absolute atomic E-state index is 13.0. The van der Waals surface area contributed by atoms with Gasteiger partial charge in [-0.3, -0.25) is 0 Å². The van der Waals surface area contributed by atoms with Crippen LogP contribution in [0.2, 0.25) is 0 Å². The normalized spacial score (nSPS) is 10.6. The number of hydrogen-bond acceptors (Lipinski definition) is 1. The second-order valence-corrected chi connectivity index (χ2v) is 4.27. The third-order valence-corrected chi connectivity index (χ3v) is 2.65. The Bertz CT molecular complexity index is 500. The average molecular weight is 250 g/mol. The van der Waals surface area contributed by atoms with Crippen molar-refractivity contribution in [3.8, 4) is 0 Å². The van der Waals surface area contributed by atoms with Crippen molar-refractivity contribution >= 4 is 5.69 Å². The Morgan fingerprint density at radius 3 is 2.56 bits per heavy atom. The van der Waals surface area contributed by atoms with E-state index < -0.39 is 11.6 Å². The molecule has 1 N–H and O–H groups in total. The summed E-state index contributed by atoms with van der Waals surface area (Å²) in [7, 11) is 0. The number of hydrogen-bond donors (Lipinski definition) is 1. The van der Waals surface area contributed by atoms with Crippen molar-refractivity contribution in [1.29, 1.82) is 0 Å². The molecular weight excluding hydrogens is 234 g/mol. The van der Waals surface area contributed by atoms with Crippen LogP contribution in [0.25, 0.3) is 0 Å². The summed E-state index contributed by atoms with van der Waals surface area (Å²) >= 11 is 0. The van der Waals surface area contributed by atoms with E-state index in [4.69, 9.17) is 0 Å². The Kier molecular flexibility index (Phi) is 3.97. The smallest absolute Gasteiger partial charge is 0.128 e. The summed E-state index contributed by atoms with van der Waals surface area (Å²) in [5.74, 6) is -1.14. The van der Waals surface area contributed by atoms with Gasteiger partial charge in [0.1, 0.15) is 11.6 Å². The van der Waals surface area contributed by atoms with Crippen LogP contribution in [0.15, 0.2) is 36.7 Å². The van der Waals surface area contributed by atoms with Crippen molar-refractivity contribution in [3.63, 3.8) is 0 Å². The average Bonchev–Trinajstić information content (AvgIpc) is 2.74. The second-order valence-electron chi connectivity index (χ2n) is 4.27. The van der Waals surface area contributed by atoms with Crippen molar-refractivity contribution in [2.45, 2.75) is 26.4 Å². The second kappa shape index (κ2) is 5.67. The summed E-state index contributed by atoms with van der Waals surface area (Å²) in [6, 6.07) is 5.43. The summed E-state index contributed by atoms with van der Waals surface area (Å²) in [5.41, 5.74) is 1.55. The van der Waals surface area contributed by atoms with Crippen LogP contribution in [0, 0.1) is 11.6 Å². The maximum atomic E-state index is 13.0. The third kappa shape index (κ3) is 3.32. The van der Waals surface area contributed by atoms with Gasteiger partial charge in [0.25, 0.3) is 0 Å². The van der Waals surface area contributed by atoms with Crippen molar-refractivity contribution in [3.05, 3.63) is 53.9 Å². The van der Waals surface area contributed by atoms with E-state index in [1.807, 2.05) is 18.5 Å². The lowest BCUT2D eigenvalue weighted by molar-refractivity contribution is 0.584. The predicted molar refractivity (Wildman–Crippen MR) is 68.4 cm³/mol. The molecule has 0 radical (unpaired) electrons. The van der Waals surface area contributed by atoms with Crippen LogP contribution < -0.4 is 5.32 Å². The number of aryl methyl sites for hydroxylation is 1. The molecule has 96 valence electrons. The molecule has 0 saturated heterocycles. The molecule has 2 rings (SSSR count). The van der Waals surface area contributed by atoms with E-state index in [9.17, 15) is 8.78 Å². The molecule has 0 saturated carbocycles. The van der Waals surface area contributed by atoms with Crippen LogP contribution in [0.5, 0.6) is 0 Å². The number of benzene rings is 1. The number of halogens is 2. The van der Waals surface area contributed by atoms with E-state index in [-0.39, 0.29) is 0 Å². The monoisotopic (exact) mass is 250 g/mol. The molecule has 18 heavy (non-hydrogen) atoms. The fourth-order valence-corrected chi connectivity index (χ4v) is 1.85. The van der Waals surface area contributed by atoms with Gasteiger partial charge in [0.05, 0.1) is 0 Å². The maximum Gasteiger partial charge on any atom is 0.128 e. The number of anilines is 1. The van der Waals surface area contributed by atoms with Crippen LogP contribution in [0.4, 0.5) is 14.5 Å². The van der Waals surface area contributed by atoms with Crippen LogP contribution in [0.1, 0.15) is 18.9 Å². The number of nitrogens with one attached hydrogen (secondary N) is 1. The molecule has 0 aliphatic heterocycles. The van der Waals surface area contributed by atoms with Gasteiger partial charge in [-0.1, -0.05) is 6.92 Å². The lowest BCUT2D eigenvalue weighted by Crippen LogP contribution is -2.00. The topological polar surface area (TPSA) is 17.0 Å². The van der Waals surface area contributed by atoms with Crippen LogP contribution in [-0.2, 0) is 13.1 Å². The molecule has 0 aliphatic carbocycles. The summed E-state index contributed by atoms with van der Waals surface area (Å²) in [4.78, 5) is 0. The van der Waals surface area contributed by atoms with Gasteiger partial charge < -0.3 is 9.88 Å². The van der Waals surface area contributed by atoms with Gasteiger partial charge in [0.2, 0.25) is 0 Å². The molecule has 1 heterocycles.